The maximum Gasteiger partial charge on any atom is 0.296 e. The lowest BCUT2D eigenvalue weighted by molar-refractivity contribution is -0.137. The van der Waals surface area contributed by atoms with Crippen LogP contribution < -0.4 is 0 Å². The van der Waals surface area contributed by atoms with E-state index in [-0.39, 0.29) is 0 Å². The summed E-state index contributed by atoms with van der Waals surface area (Å²) in [5.74, 6) is -0.998. The first kappa shape index (κ1) is 8.53. The molecule has 0 saturated carbocycles. The number of Topliss-reactive ketones (excluding diaryl/α,β-unsaturated/α-hetero) is 1. The molecular weight excluding hydrogens is 124 g/mol. The molecule has 1 nitrogen and oxygen atoms in total. The van der Waals surface area contributed by atoms with Crippen LogP contribution in [0.25, 0.3) is 0 Å². The molecule has 0 aromatic carbocycles. The van der Waals surface area contributed by atoms with Crippen LogP contribution in [0.15, 0.2) is 0 Å². The fourth-order valence-corrected chi connectivity index (χ4v) is 0.327. The lowest BCUT2D eigenvalue weighted by atomic mass is 9.91. The van der Waals surface area contributed by atoms with Gasteiger partial charge in [0.2, 0.25) is 5.78 Å². The van der Waals surface area contributed by atoms with Crippen molar-refractivity contribution in [3.8, 4) is 0 Å². The predicted molar refractivity (Wildman–Crippen MR) is 30.5 cm³/mol. The Kier molecular flexibility index (Phi) is 2.29. The number of alkyl halides is 2. The summed E-state index contributed by atoms with van der Waals surface area (Å²) in [5, 5.41) is 0. The molecular formula is C6H10F2O. The van der Waals surface area contributed by atoms with E-state index in [4.69, 9.17) is 0 Å². The number of rotatable bonds is 1. The van der Waals surface area contributed by atoms with Crippen LogP contribution in [0.4, 0.5) is 8.78 Å². The largest absolute Gasteiger partial charge is 0.296 e. The second kappa shape index (κ2) is 2.42. The van der Waals surface area contributed by atoms with Gasteiger partial charge in [0.25, 0.3) is 6.43 Å². The molecule has 0 spiro atoms. The van der Waals surface area contributed by atoms with Gasteiger partial charge in [0, 0.05) is 5.41 Å². The molecule has 0 aromatic rings. The minimum atomic E-state index is -2.83. The van der Waals surface area contributed by atoms with Crippen molar-refractivity contribution >= 4 is 5.78 Å². The number of halogens is 2. The van der Waals surface area contributed by atoms with E-state index >= 15 is 0 Å². The number of carbonyl (C=O) groups excluding carboxylic acids is 1. The van der Waals surface area contributed by atoms with Crippen LogP contribution in [-0.2, 0) is 4.79 Å². The SMILES string of the molecule is CC(C)(C)C(=O)C([18F])[18F]. The molecule has 0 saturated heterocycles. The Morgan fingerprint density at radius 1 is 1.33 bits per heavy atom. The molecule has 0 amide bonds. The summed E-state index contributed by atoms with van der Waals surface area (Å²) in [7, 11) is 0. The Balaban J connectivity index is 4.06. The van der Waals surface area contributed by atoms with Crippen molar-refractivity contribution in [2.24, 2.45) is 5.41 Å². The van der Waals surface area contributed by atoms with Gasteiger partial charge in [-0.3, -0.25) is 4.79 Å². The average Bonchev–Trinajstić information content (AvgIpc) is 1.62. The molecule has 0 N–H and O–H groups in total. The van der Waals surface area contributed by atoms with Crippen LogP contribution in [0.3, 0.4) is 0 Å². The molecule has 0 rings (SSSR count). The minimum absolute atomic E-state index is 0.909. The van der Waals surface area contributed by atoms with E-state index in [0.717, 1.165) is 0 Å². The van der Waals surface area contributed by atoms with E-state index < -0.39 is 17.6 Å². The number of carbonyl (C=O) groups is 1. The second-order valence-corrected chi connectivity index (χ2v) is 2.91. The van der Waals surface area contributed by atoms with Gasteiger partial charge >= 0.3 is 0 Å². The molecule has 0 radical (unpaired) electrons. The summed E-state index contributed by atoms with van der Waals surface area (Å²) in [6.07, 6.45) is -2.83. The minimum Gasteiger partial charge on any atom is -0.293 e. The zero-order valence-electron chi connectivity index (χ0n) is 5.74. The Hall–Kier alpha value is -0.470. The molecule has 0 aromatic heterocycles. The molecule has 0 aliphatic carbocycles. The van der Waals surface area contributed by atoms with E-state index in [0.29, 0.717) is 0 Å². The topological polar surface area (TPSA) is 17.1 Å². The van der Waals surface area contributed by atoms with Gasteiger partial charge in [-0.1, -0.05) is 20.8 Å². The molecule has 0 fully saturated rings. The van der Waals surface area contributed by atoms with Gasteiger partial charge < -0.3 is 0 Å². The molecule has 9 heavy (non-hydrogen) atoms. The average molecular weight is 134 g/mol. The first-order valence-corrected chi connectivity index (χ1v) is 2.68. The molecule has 0 heterocycles. The Labute approximate surface area is 53.1 Å². The highest BCUT2D eigenvalue weighted by Crippen LogP contribution is 2.18. The number of hydrogen-bond acceptors (Lipinski definition) is 1. The molecule has 0 aliphatic rings. The van der Waals surface area contributed by atoms with Crippen molar-refractivity contribution < 1.29 is 13.6 Å². The third-order valence-electron chi connectivity index (χ3n) is 0.937. The van der Waals surface area contributed by atoms with Crippen molar-refractivity contribution in [1.82, 2.24) is 0 Å². The van der Waals surface area contributed by atoms with Crippen molar-refractivity contribution in [3.05, 3.63) is 0 Å². The van der Waals surface area contributed by atoms with Gasteiger partial charge in [-0.2, -0.15) is 0 Å². The third-order valence-corrected chi connectivity index (χ3v) is 0.937. The van der Waals surface area contributed by atoms with Crippen molar-refractivity contribution in [1.29, 1.82) is 0 Å². The molecule has 0 aliphatic heterocycles. The molecule has 54 valence electrons. The normalized spacial score (nSPS) is 12.2. The fourth-order valence-electron chi connectivity index (χ4n) is 0.327. The van der Waals surface area contributed by atoms with E-state index in [1.54, 1.807) is 0 Å². The fraction of sp³-hybridized carbons (Fsp3) is 0.833. The lowest BCUT2D eigenvalue weighted by Crippen LogP contribution is -2.26. The van der Waals surface area contributed by atoms with Crippen LogP contribution in [0.5, 0.6) is 0 Å². The maximum absolute atomic E-state index is 11.6. The monoisotopic (exact) mass is 134 g/mol. The number of hydrogen-bond donors (Lipinski definition) is 0. The first-order chi connectivity index (χ1) is 3.85. The van der Waals surface area contributed by atoms with E-state index in [1.807, 2.05) is 0 Å². The summed E-state index contributed by atoms with van der Waals surface area (Å²) in [6.45, 7) is 4.42. The van der Waals surface area contributed by atoms with Gasteiger partial charge in [-0.15, -0.1) is 0 Å². The number of ketones is 1. The first-order valence-electron chi connectivity index (χ1n) is 2.68. The van der Waals surface area contributed by atoms with Crippen molar-refractivity contribution in [3.63, 3.8) is 0 Å². The highest BCUT2D eigenvalue weighted by molar-refractivity contribution is 5.86. The van der Waals surface area contributed by atoms with Crippen LogP contribution in [0.2, 0.25) is 0 Å². The lowest BCUT2D eigenvalue weighted by Gasteiger charge is -2.14. The van der Waals surface area contributed by atoms with Crippen LogP contribution in [-0.4, -0.2) is 12.2 Å². The summed E-state index contributed by atoms with van der Waals surface area (Å²) < 4.78 is 23.1. The van der Waals surface area contributed by atoms with Gasteiger partial charge in [0.15, 0.2) is 0 Å². The molecule has 0 unspecified atom stereocenters. The Bertz CT molecular complexity index is 113. The van der Waals surface area contributed by atoms with Gasteiger partial charge in [0.1, 0.15) is 0 Å². The summed E-state index contributed by atoms with van der Waals surface area (Å²) >= 11 is 0. The van der Waals surface area contributed by atoms with E-state index in [9.17, 15) is 13.6 Å². The van der Waals surface area contributed by atoms with Gasteiger partial charge in [-0.05, 0) is 0 Å². The Morgan fingerprint density at radius 3 is 1.67 bits per heavy atom. The quantitative estimate of drug-likeness (QED) is 0.535. The zero-order valence-corrected chi connectivity index (χ0v) is 5.74. The van der Waals surface area contributed by atoms with Crippen molar-refractivity contribution in [2.45, 2.75) is 27.2 Å². The van der Waals surface area contributed by atoms with E-state index in [1.165, 1.54) is 20.8 Å². The highest BCUT2D eigenvalue weighted by Gasteiger charge is 2.28. The van der Waals surface area contributed by atoms with Crippen molar-refractivity contribution in [2.75, 3.05) is 0 Å². The summed E-state index contributed by atoms with van der Waals surface area (Å²) in [4.78, 5) is 10.4. The van der Waals surface area contributed by atoms with Gasteiger partial charge in [0.05, 0.1) is 0 Å². The van der Waals surface area contributed by atoms with Gasteiger partial charge in [-0.25, -0.2) is 8.78 Å². The molecule has 0 bridgehead atoms. The summed E-state index contributed by atoms with van der Waals surface area (Å²) in [6, 6.07) is 0. The standard InChI is InChI=1S/C6H10F2O/c1-6(2,3)4(9)5(7)8/h5H,1-3H3/i7-1,8-1. The van der Waals surface area contributed by atoms with Crippen LogP contribution in [0, 0.1) is 5.41 Å². The van der Waals surface area contributed by atoms with E-state index in [2.05, 4.69) is 0 Å². The predicted octanol–water partition coefficient (Wildman–Crippen LogP) is 1.87. The smallest absolute Gasteiger partial charge is 0.293 e. The maximum atomic E-state index is 11.6. The summed E-state index contributed by atoms with van der Waals surface area (Å²) in [5.41, 5.74) is -0.909. The van der Waals surface area contributed by atoms with Crippen LogP contribution in [0.1, 0.15) is 20.8 Å². The molecule has 3 heteroatoms. The second-order valence-electron chi connectivity index (χ2n) is 2.91. The Morgan fingerprint density at radius 2 is 1.67 bits per heavy atom. The highest BCUT2D eigenvalue weighted by atomic mass is 18.3. The third kappa shape index (κ3) is 2.54. The zero-order chi connectivity index (χ0) is 7.65. The molecule has 0 atom stereocenters. The van der Waals surface area contributed by atoms with Crippen LogP contribution >= 0.6 is 0 Å².